The van der Waals surface area contributed by atoms with Gasteiger partial charge in [0.2, 0.25) is 11.8 Å². The van der Waals surface area contributed by atoms with Gasteiger partial charge < -0.3 is 9.40 Å². The van der Waals surface area contributed by atoms with Gasteiger partial charge in [-0.3, -0.25) is 14.8 Å². The minimum atomic E-state index is -0.160. The Hall–Kier alpha value is -3.35. The number of nitrogens with one attached hydrogen (secondary N) is 1. The molecule has 3 aromatic rings. The fourth-order valence-electron chi connectivity index (χ4n) is 2.39. The van der Waals surface area contributed by atoms with E-state index >= 15 is 0 Å². The van der Waals surface area contributed by atoms with E-state index in [1.807, 2.05) is 30.3 Å². The molecule has 3 rings (SSSR count). The molecule has 0 fully saturated rings. The van der Waals surface area contributed by atoms with Crippen molar-refractivity contribution in [2.45, 2.75) is 12.8 Å². The summed E-state index contributed by atoms with van der Waals surface area (Å²) in [4.78, 5) is 23.1. The lowest BCUT2D eigenvalue weighted by Gasteiger charge is -2.00. The van der Waals surface area contributed by atoms with Crippen LogP contribution in [0.4, 0.5) is 0 Å². The predicted octanol–water partition coefficient (Wildman–Crippen LogP) is 2.33. The van der Waals surface area contributed by atoms with Crippen LogP contribution in [-0.4, -0.2) is 34.2 Å². The highest BCUT2D eigenvalue weighted by Gasteiger charge is 2.11. The summed E-state index contributed by atoms with van der Waals surface area (Å²) in [6.45, 7) is 3.52. The average Bonchev–Trinajstić information content (AvgIpc) is 3.06. The number of aromatic nitrogens is 3. The van der Waals surface area contributed by atoms with Crippen LogP contribution in [0.25, 0.3) is 10.9 Å². The third-order valence-electron chi connectivity index (χ3n) is 3.63. The Kier molecular flexibility index (Phi) is 4.94. The molecule has 7 nitrogen and oxygen atoms in total. The fourth-order valence-corrected chi connectivity index (χ4v) is 2.39. The molecular formula is C18H17N5O2. The smallest absolute Gasteiger partial charge is 0.252 e. The molecule has 2 aromatic heterocycles. The van der Waals surface area contributed by atoms with Crippen molar-refractivity contribution in [3.8, 4) is 0 Å². The van der Waals surface area contributed by atoms with E-state index in [1.54, 1.807) is 13.3 Å². The number of benzene rings is 1. The summed E-state index contributed by atoms with van der Waals surface area (Å²) in [5.74, 6) is 0.801. The molecule has 0 saturated carbocycles. The summed E-state index contributed by atoms with van der Waals surface area (Å²) in [5.41, 5.74) is 1.91. The zero-order chi connectivity index (χ0) is 17.6. The summed E-state index contributed by atoms with van der Waals surface area (Å²) < 4.78 is 5.62. The number of rotatable bonds is 6. The Morgan fingerprint density at radius 2 is 2.12 bits per heavy atom. The zero-order valence-electron chi connectivity index (χ0n) is 13.8. The van der Waals surface area contributed by atoms with Gasteiger partial charge in [-0.15, -0.1) is 10.2 Å². The van der Waals surface area contributed by atoms with Crippen LogP contribution in [0.3, 0.4) is 0 Å². The van der Waals surface area contributed by atoms with Gasteiger partial charge in [-0.25, -0.2) is 0 Å². The second-order valence-corrected chi connectivity index (χ2v) is 5.33. The van der Waals surface area contributed by atoms with Crippen molar-refractivity contribution >= 4 is 22.8 Å². The number of aliphatic imine (C=N–C) groups is 2. The highest BCUT2D eigenvalue weighted by Crippen LogP contribution is 2.13. The van der Waals surface area contributed by atoms with E-state index in [4.69, 9.17) is 4.42 Å². The van der Waals surface area contributed by atoms with Crippen molar-refractivity contribution in [2.24, 2.45) is 9.98 Å². The fraction of sp³-hybridized carbons (Fsp3) is 0.167. The summed E-state index contributed by atoms with van der Waals surface area (Å²) in [6.07, 6.45) is 3.66. The van der Waals surface area contributed by atoms with Crippen molar-refractivity contribution in [3.05, 3.63) is 70.8 Å². The summed E-state index contributed by atoms with van der Waals surface area (Å²) >= 11 is 0. The largest absolute Gasteiger partial charge is 0.425 e. The van der Waals surface area contributed by atoms with Crippen LogP contribution in [-0.2, 0) is 12.8 Å². The van der Waals surface area contributed by atoms with Crippen LogP contribution in [0, 0.1) is 0 Å². The van der Waals surface area contributed by atoms with Crippen LogP contribution in [0.15, 0.2) is 62.3 Å². The van der Waals surface area contributed by atoms with Gasteiger partial charge in [0, 0.05) is 30.5 Å². The molecule has 0 aliphatic carbocycles. The summed E-state index contributed by atoms with van der Waals surface area (Å²) in [6, 6.07) is 9.45. The van der Waals surface area contributed by atoms with Gasteiger partial charge in [-0.05, 0) is 17.5 Å². The minimum Gasteiger partial charge on any atom is -0.425 e. The molecule has 1 aromatic carbocycles. The topological polar surface area (TPSA) is 96.5 Å². The molecule has 25 heavy (non-hydrogen) atoms. The van der Waals surface area contributed by atoms with Crippen LogP contribution >= 0.6 is 0 Å². The van der Waals surface area contributed by atoms with Gasteiger partial charge in [0.15, 0.2) is 0 Å². The molecule has 0 spiro atoms. The minimum absolute atomic E-state index is 0.160. The molecule has 0 bridgehead atoms. The number of hydrogen-bond donors (Lipinski definition) is 1. The van der Waals surface area contributed by atoms with Crippen molar-refractivity contribution in [1.82, 2.24) is 15.2 Å². The molecule has 2 heterocycles. The predicted molar refractivity (Wildman–Crippen MR) is 97.4 cm³/mol. The van der Waals surface area contributed by atoms with Crippen LogP contribution in [0.1, 0.15) is 17.3 Å². The number of H-pyrrole nitrogens is 1. The van der Waals surface area contributed by atoms with E-state index in [0.29, 0.717) is 29.5 Å². The number of aromatic amines is 1. The molecule has 0 aliphatic rings. The van der Waals surface area contributed by atoms with Crippen LogP contribution in [0.2, 0.25) is 0 Å². The molecule has 1 N–H and O–H groups in total. The number of nitrogens with zero attached hydrogens (tertiary/aromatic N) is 4. The van der Waals surface area contributed by atoms with E-state index in [1.165, 1.54) is 6.20 Å². The Labute approximate surface area is 143 Å². The second kappa shape index (κ2) is 7.48. The Balaban J connectivity index is 1.79. The van der Waals surface area contributed by atoms with E-state index in [-0.39, 0.29) is 12.0 Å². The standard InChI is InChI=1S/C18H17N5O2/c1-3-20-11-14(19-2)10-17-23-22-16(25-17)9-13-8-12-6-4-5-7-15(12)21-18(13)24/h3-8,11H,1,9-10H2,2H3,(H,21,24). The molecule has 7 heteroatoms. The van der Waals surface area contributed by atoms with Gasteiger partial charge in [0.1, 0.15) is 0 Å². The number of fused-ring (bicyclic) bond motifs is 1. The van der Waals surface area contributed by atoms with Crippen LogP contribution < -0.4 is 5.56 Å². The third-order valence-corrected chi connectivity index (χ3v) is 3.63. The third kappa shape index (κ3) is 3.95. The maximum atomic E-state index is 12.2. The maximum absolute atomic E-state index is 12.2. The monoisotopic (exact) mass is 335 g/mol. The number of pyridine rings is 1. The molecule has 0 atom stereocenters. The van der Waals surface area contributed by atoms with Crippen molar-refractivity contribution in [3.63, 3.8) is 0 Å². The lowest BCUT2D eigenvalue weighted by Crippen LogP contribution is -2.12. The van der Waals surface area contributed by atoms with Gasteiger partial charge >= 0.3 is 0 Å². The first-order chi connectivity index (χ1) is 12.2. The average molecular weight is 335 g/mol. The summed E-state index contributed by atoms with van der Waals surface area (Å²) in [5, 5.41) is 8.97. The van der Waals surface area contributed by atoms with Gasteiger partial charge in [-0.2, -0.15) is 0 Å². The Morgan fingerprint density at radius 3 is 2.92 bits per heavy atom. The van der Waals surface area contributed by atoms with E-state index in [9.17, 15) is 4.79 Å². The lowest BCUT2D eigenvalue weighted by molar-refractivity contribution is 0.471. The van der Waals surface area contributed by atoms with Crippen molar-refractivity contribution < 1.29 is 4.42 Å². The molecular weight excluding hydrogens is 318 g/mol. The highest BCUT2D eigenvalue weighted by molar-refractivity contribution is 6.31. The molecule has 0 saturated heterocycles. The quantitative estimate of drug-likeness (QED) is 0.699. The summed E-state index contributed by atoms with van der Waals surface area (Å²) in [7, 11) is 1.66. The SMILES string of the molecule is C=CN=CC(Cc1nnc(Cc2cc3ccccc3[nH]c2=O)o1)=NC. The molecule has 0 amide bonds. The van der Waals surface area contributed by atoms with Gasteiger partial charge in [-0.1, -0.05) is 24.8 Å². The van der Waals surface area contributed by atoms with E-state index in [2.05, 4.69) is 31.7 Å². The van der Waals surface area contributed by atoms with E-state index in [0.717, 1.165) is 10.9 Å². The van der Waals surface area contributed by atoms with Gasteiger partial charge in [0.25, 0.3) is 5.56 Å². The van der Waals surface area contributed by atoms with Crippen molar-refractivity contribution in [2.75, 3.05) is 7.05 Å². The Bertz CT molecular complexity index is 1010. The lowest BCUT2D eigenvalue weighted by atomic mass is 10.1. The molecule has 126 valence electrons. The van der Waals surface area contributed by atoms with Crippen molar-refractivity contribution in [1.29, 1.82) is 0 Å². The zero-order valence-corrected chi connectivity index (χ0v) is 13.8. The molecule has 0 aliphatic heterocycles. The first kappa shape index (κ1) is 16.5. The van der Waals surface area contributed by atoms with E-state index < -0.39 is 0 Å². The van der Waals surface area contributed by atoms with Gasteiger partial charge in [0.05, 0.1) is 18.6 Å². The first-order valence-electron chi connectivity index (χ1n) is 7.71. The number of hydrogen-bond acceptors (Lipinski definition) is 6. The van der Waals surface area contributed by atoms with Crippen LogP contribution in [0.5, 0.6) is 0 Å². The molecule has 0 radical (unpaired) electrons. The molecule has 0 unspecified atom stereocenters. The Morgan fingerprint density at radius 1 is 1.32 bits per heavy atom. The second-order valence-electron chi connectivity index (χ2n) is 5.33. The number of para-hydroxylation sites is 1. The normalized spacial score (nSPS) is 12.1. The highest BCUT2D eigenvalue weighted by atomic mass is 16.4. The first-order valence-corrected chi connectivity index (χ1v) is 7.71. The maximum Gasteiger partial charge on any atom is 0.252 e.